The van der Waals surface area contributed by atoms with Gasteiger partial charge in [0.2, 0.25) is 0 Å². The largest absolute Gasteiger partial charge is 0.497 e. The molecule has 0 amide bonds. The molecular weight excluding hydrogens is 340 g/mol. The molecule has 4 heteroatoms. The lowest BCUT2D eigenvalue weighted by Gasteiger charge is -2.13. The summed E-state index contributed by atoms with van der Waals surface area (Å²) < 4.78 is 6.04. The molecule has 0 fully saturated rings. The molecule has 0 aromatic heterocycles. The lowest BCUT2D eigenvalue weighted by atomic mass is 10.0. The predicted molar refractivity (Wildman–Crippen MR) is 85.4 cm³/mol. The Bertz CT molecular complexity index is 569. The van der Waals surface area contributed by atoms with Gasteiger partial charge in [-0.25, -0.2) is 0 Å². The Morgan fingerprint density at radius 2 is 1.90 bits per heavy atom. The summed E-state index contributed by atoms with van der Waals surface area (Å²) in [6.45, 7) is 0. The molecule has 0 aliphatic carbocycles. The normalized spacial score (nSPS) is 12.2. The molecule has 1 unspecified atom stereocenters. The summed E-state index contributed by atoms with van der Waals surface area (Å²) in [7, 11) is 1.65. The van der Waals surface area contributed by atoms with Crippen LogP contribution in [0.3, 0.4) is 0 Å². The summed E-state index contributed by atoms with van der Waals surface area (Å²) in [5.74, 6) is 0.837. The van der Waals surface area contributed by atoms with Gasteiger partial charge in [0, 0.05) is 15.1 Å². The lowest BCUT2D eigenvalue weighted by molar-refractivity contribution is 0.168. The van der Waals surface area contributed by atoms with Gasteiger partial charge in [-0.2, -0.15) is 0 Å². The van der Waals surface area contributed by atoms with Crippen LogP contribution in [0.15, 0.2) is 46.9 Å². The van der Waals surface area contributed by atoms with Crippen LogP contribution in [0.4, 0.5) is 0 Å². The third-order valence-electron chi connectivity index (χ3n) is 3.18. The van der Waals surface area contributed by atoms with Crippen molar-refractivity contribution in [1.82, 2.24) is 0 Å². The van der Waals surface area contributed by atoms with Gasteiger partial charge in [0.1, 0.15) is 5.75 Å². The highest BCUT2D eigenvalue weighted by Crippen LogP contribution is 2.29. The van der Waals surface area contributed by atoms with Crippen molar-refractivity contribution in [2.75, 3.05) is 7.11 Å². The van der Waals surface area contributed by atoms with Crippen LogP contribution in [-0.2, 0) is 6.42 Å². The van der Waals surface area contributed by atoms with Crippen molar-refractivity contribution in [2.24, 2.45) is 0 Å². The molecular formula is C16H16BrClO2. The van der Waals surface area contributed by atoms with E-state index in [-0.39, 0.29) is 0 Å². The Hall–Kier alpha value is -1.03. The average Bonchev–Trinajstić information content (AvgIpc) is 2.47. The zero-order valence-electron chi connectivity index (χ0n) is 11.1. The van der Waals surface area contributed by atoms with Crippen molar-refractivity contribution in [2.45, 2.75) is 18.9 Å². The molecule has 0 radical (unpaired) electrons. The molecule has 0 heterocycles. The third-order valence-corrected chi connectivity index (χ3v) is 4.02. The van der Waals surface area contributed by atoms with Gasteiger partial charge in [-0.05, 0) is 48.7 Å². The molecule has 0 saturated heterocycles. The molecule has 0 bridgehead atoms. The number of aliphatic hydroxyl groups is 1. The van der Waals surface area contributed by atoms with Crippen molar-refractivity contribution < 1.29 is 9.84 Å². The number of ether oxygens (including phenoxy) is 1. The molecule has 20 heavy (non-hydrogen) atoms. The maximum atomic E-state index is 10.3. The van der Waals surface area contributed by atoms with E-state index < -0.39 is 6.10 Å². The lowest BCUT2D eigenvalue weighted by Crippen LogP contribution is -2.00. The van der Waals surface area contributed by atoms with E-state index in [0.29, 0.717) is 11.4 Å². The molecule has 0 spiro atoms. The minimum Gasteiger partial charge on any atom is -0.497 e. The fourth-order valence-electron chi connectivity index (χ4n) is 2.02. The van der Waals surface area contributed by atoms with Crippen LogP contribution >= 0.6 is 27.5 Å². The number of hydrogen-bond acceptors (Lipinski definition) is 2. The Labute approximate surface area is 132 Å². The van der Waals surface area contributed by atoms with E-state index in [2.05, 4.69) is 15.9 Å². The van der Waals surface area contributed by atoms with Crippen molar-refractivity contribution in [3.8, 4) is 5.75 Å². The van der Waals surface area contributed by atoms with Gasteiger partial charge >= 0.3 is 0 Å². The van der Waals surface area contributed by atoms with E-state index in [1.807, 2.05) is 36.4 Å². The predicted octanol–water partition coefficient (Wildman–Crippen LogP) is 4.78. The third kappa shape index (κ3) is 3.98. The zero-order chi connectivity index (χ0) is 14.5. The van der Waals surface area contributed by atoms with Gasteiger partial charge in [-0.15, -0.1) is 0 Å². The molecule has 2 aromatic rings. The molecule has 106 valence electrons. The second kappa shape index (κ2) is 7.11. The number of aliphatic hydroxyl groups excluding tert-OH is 1. The van der Waals surface area contributed by atoms with Gasteiger partial charge in [-0.1, -0.05) is 39.7 Å². The van der Waals surface area contributed by atoms with E-state index in [1.54, 1.807) is 13.2 Å². The Balaban J connectivity index is 2.00. The first-order chi connectivity index (χ1) is 9.60. The van der Waals surface area contributed by atoms with E-state index in [4.69, 9.17) is 16.3 Å². The molecule has 0 aliphatic rings. The highest BCUT2D eigenvalue weighted by atomic mass is 79.9. The number of aryl methyl sites for hydroxylation is 1. The molecule has 2 aromatic carbocycles. The standard InChI is InChI=1S/C16H16BrClO2/c1-20-13-6-2-11(3-7-13)4-9-16(19)14-10-12(17)5-8-15(14)18/h2-3,5-8,10,16,19H,4,9H2,1H3. The van der Waals surface area contributed by atoms with Crippen molar-refractivity contribution >= 4 is 27.5 Å². The first-order valence-corrected chi connectivity index (χ1v) is 7.53. The van der Waals surface area contributed by atoms with Gasteiger partial charge in [0.05, 0.1) is 13.2 Å². The summed E-state index contributed by atoms with van der Waals surface area (Å²) in [6, 6.07) is 13.4. The summed E-state index contributed by atoms with van der Waals surface area (Å²) in [5, 5.41) is 10.9. The first kappa shape index (κ1) is 15.4. The number of benzene rings is 2. The highest BCUT2D eigenvalue weighted by Gasteiger charge is 2.12. The van der Waals surface area contributed by atoms with Crippen molar-refractivity contribution in [3.05, 3.63) is 63.1 Å². The van der Waals surface area contributed by atoms with Crippen LogP contribution in [-0.4, -0.2) is 12.2 Å². The molecule has 2 nitrogen and oxygen atoms in total. The van der Waals surface area contributed by atoms with Gasteiger partial charge in [-0.3, -0.25) is 0 Å². The second-order valence-electron chi connectivity index (χ2n) is 4.57. The smallest absolute Gasteiger partial charge is 0.118 e. The van der Waals surface area contributed by atoms with Crippen LogP contribution in [0.25, 0.3) is 0 Å². The summed E-state index contributed by atoms with van der Waals surface area (Å²) in [6.07, 6.45) is 0.846. The first-order valence-electron chi connectivity index (χ1n) is 6.36. The SMILES string of the molecule is COc1ccc(CCC(O)c2cc(Br)ccc2Cl)cc1. The van der Waals surface area contributed by atoms with Crippen LogP contribution in [0.1, 0.15) is 23.7 Å². The Morgan fingerprint density at radius 3 is 2.55 bits per heavy atom. The molecule has 0 aliphatic heterocycles. The van der Waals surface area contributed by atoms with Crippen molar-refractivity contribution in [3.63, 3.8) is 0 Å². The maximum absolute atomic E-state index is 10.3. The molecule has 1 N–H and O–H groups in total. The summed E-state index contributed by atoms with van der Waals surface area (Å²) in [4.78, 5) is 0. The van der Waals surface area contributed by atoms with E-state index >= 15 is 0 Å². The topological polar surface area (TPSA) is 29.5 Å². The van der Waals surface area contributed by atoms with E-state index in [9.17, 15) is 5.11 Å². The minimum atomic E-state index is -0.567. The fourth-order valence-corrected chi connectivity index (χ4v) is 2.64. The van der Waals surface area contributed by atoms with Crippen molar-refractivity contribution in [1.29, 1.82) is 0 Å². The average molecular weight is 356 g/mol. The zero-order valence-corrected chi connectivity index (χ0v) is 13.5. The molecule has 0 saturated carbocycles. The minimum absolute atomic E-state index is 0.567. The molecule has 1 atom stereocenters. The van der Waals surface area contributed by atoms with E-state index in [0.717, 1.165) is 27.8 Å². The number of rotatable bonds is 5. The Kier molecular flexibility index (Phi) is 5.46. The number of methoxy groups -OCH3 is 1. The quantitative estimate of drug-likeness (QED) is 0.836. The van der Waals surface area contributed by atoms with Crippen LogP contribution in [0.5, 0.6) is 5.75 Å². The van der Waals surface area contributed by atoms with E-state index in [1.165, 1.54) is 0 Å². The second-order valence-corrected chi connectivity index (χ2v) is 5.89. The van der Waals surface area contributed by atoms with Crippen LogP contribution in [0, 0.1) is 0 Å². The molecule has 2 rings (SSSR count). The summed E-state index contributed by atoms with van der Waals surface area (Å²) in [5.41, 5.74) is 1.92. The van der Waals surface area contributed by atoms with Gasteiger partial charge < -0.3 is 9.84 Å². The van der Waals surface area contributed by atoms with Gasteiger partial charge in [0.25, 0.3) is 0 Å². The Morgan fingerprint density at radius 1 is 1.20 bits per heavy atom. The van der Waals surface area contributed by atoms with Crippen LogP contribution < -0.4 is 4.74 Å². The van der Waals surface area contributed by atoms with Gasteiger partial charge in [0.15, 0.2) is 0 Å². The summed E-state index contributed by atoms with van der Waals surface area (Å²) >= 11 is 9.51. The fraction of sp³-hybridized carbons (Fsp3) is 0.250. The number of hydrogen-bond donors (Lipinski definition) is 1. The maximum Gasteiger partial charge on any atom is 0.118 e. The number of halogens is 2. The highest BCUT2D eigenvalue weighted by molar-refractivity contribution is 9.10. The van der Waals surface area contributed by atoms with Crippen LogP contribution in [0.2, 0.25) is 5.02 Å². The monoisotopic (exact) mass is 354 g/mol.